The number of benzene rings is 1. The molecule has 0 radical (unpaired) electrons. The van der Waals surface area contributed by atoms with Crippen molar-refractivity contribution in [2.24, 2.45) is 0 Å². The molecule has 0 amide bonds. The van der Waals surface area contributed by atoms with Gasteiger partial charge in [-0.05, 0) is 39.7 Å². The van der Waals surface area contributed by atoms with Gasteiger partial charge in [0.25, 0.3) is 0 Å². The lowest BCUT2D eigenvalue weighted by Gasteiger charge is -2.08. The van der Waals surface area contributed by atoms with Crippen LogP contribution in [0, 0.1) is 11.3 Å². The molecule has 90 valence electrons. The summed E-state index contributed by atoms with van der Waals surface area (Å²) >= 11 is 3.30. The van der Waals surface area contributed by atoms with Gasteiger partial charge in [-0.25, -0.2) is 4.98 Å². The van der Waals surface area contributed by atoms with E-state index in [9.17, 15) is 0 Å². The minimum absolute atomic E-state index is 0.342. The molecule has 18 heavy (non-hydrogen) atoms. The summed E-state index contributed by atoms with van der Waals surface area (Å²) < 4.78 is 6.38. The number of halogens is 1. The third kappa shape index (κ3) is 2.99. The number of nitrogens with two attached hydrogens (primary N) is 1. The van der Waals surface area contributed by atoms with Gasteiger partial charge < -0.3 is 10.5 Å². The van der Waals surface area contributed by atoms with Gasteiger partial charge in [0.05, 0.1) is 11.6 Å². The Balaban J connectivity index is 2.11. The Labute approximate surface area is 113 Å². The number of hydrogen-bond donors (Lipinski definition) is 1. The maximum absolute atomic E-state index is 8.80. The fourth-order valence-corrected chi connectivity index (χ4v) is 1.75. The van der Waals surface area contributed by atoms with E-state index in [0.717, 1.165) is 10.0 Å². The van der Waals surface area contributed by atoms with Crippen molar-refractivity contribution in [3.63, 3.8) is 0 Å². The zero-order chi connectivity index (χ0) is 13.0. The molecule has 1 aromatic heterocycles. The molecule has 4 nitrogen and oxygen atoms in total. The molecule has 1 heterocycles. The SMILES string of the molecule is N#Cc1cccc(COc2cc(Br)cnc2N)c1. The molecular formula is C13H10BrN3O. The highest BCUT2D eigenvalue weighted by Gasteiger charge is 2.03. The maximum Gasteiger partial charge on any atom is 0.166 e. The van der Waals surface area contributed by atoms with Crippen molar-refractivity contribution in [2.75, 3.05) is 5.73 Å². The summed E-state index contributed by atoms with van der Waals surface area (Å²) in [7, 11) is 0. The van der Waals surface area contributed by atoms with Crippen LogP contribution in [-0.4, -0.2) is 4.98 Å². The first-order chi connectivity index (χ1) is 8.69. The highest BCUT2D eigenvalue weighted by atomic mass is 79.9. The van der Waals surface area contributed by atoms with Gasteiger partial charge in [-0.15, -0.1) is 0 Å². The van der Waals surface area contributed by atoms with Gasteiger partial charge in [0.2, 0.25) is 0 Å². The lowest BCUT2D eigenvalue weighted by Crippen LogP contribution is -2.00. The van der Waals surface area contributed by atoms with E-state index in [4.69, 9.17) is 15.7 Å². The molecule has 0 bridgehead atoms. The van der Waals surface area contributed by atoms with Crippen molar-refractivity contribution in [3.05, 3.63) is 52.1 Å². The number of pyridine rings is 1. The molecule has 0 saturated carbocycles. The predicted octanol–water partition coefficient (Wildman–Crippen LogP) is 2.88. The summed E-state index contributed by atoms with van der Waals surface area (Å²) in [5.74, 6) is 0.862. The minimum Gasteiger partial charge on any atom is -0.485 e. The van der Waals surface area contributed by atoms with Crippen molar-refractivity contribution >= 4 is 21.7 Å². The first-order valence-electron chi connectivity index (χ1n) is 5.22. The Bertz CT molecular complexity index is 607. The van der Waals surface area contributed by atoms with Crippen LogP contribution in [0.3, 0.4) is 0 Å². The largest absolute Gasteiger partial charge is 0.485 e. The van der Waals surface area contributed by atoms with E-state index in [1.165, 1.54) is 0 Å². The summed E-state index contributed by atoms with van der Waals surface area (Å²) in [6.07, 6.45) is 1.61. The first-order valence-corrected chi connectivity index (χ1v) is 6.01. The van der Waals surface area contributed by atoms with Crippen LogP contribution in [-0.2, 0) is 6.61 Å². The normalized spacial score (nSPS) is 9.78. The van der Waals surface area contributed by atoms with Gasteiger partial charge in [-0.2, -0.15) is 5.26 Å². The van der Waals surface area contributed by atoms with Gasteiger partial charge in [0, 0.05) is 10.7 Å². The summed E-state index contributed by atoms with van der Waals surface area (Å²) in [4.78, 5) is 3.98. The maximum atomic E-state index is 8.80. The second-order valence-electron chi connectivity index (χ2n) is 3.64. The van der Waals surface area contributed by atoms with Crippen LogP contribution in [0.1, 0.15) is 11.1 Å². The highest BCUT2D eigenvalue weighted by molar-refractivity contribution is 9.10. The van der Waals surface area contributed by atoms with Gasteiger partial charge >= 0.3 is 0 Å². The molecule has 5 heteroatoms. The summed E-state index contributed by atoms with van der Waals surface area (Å²) in [6, 6.07) is 11.1. The molecule has 2 rings (SSSR count). The fourth-order valence-electron chi connectivity index (χ4n) is 1.44. The van der Waals surface area contributed by atoms with Crippen molar-refractivity contribution in [3.8, 4) is 11.8 Å². The van der Waals surface area contributed by atoms with Crippen LogP contribution in [0.25, 0.3) is 0 Å². The molecule has 2 aromatic rings. The Kier molecular flexibility index (Phi) is 3.80. The Hall–Kier alpha value is -2.06. The molecule has 0 spiro atoms. The number of anilines is 1. The fraction of sp³-hybridized carbons (Fsp3) is 0.0769. The standard InChI is InChI=1S/C13H10BrN3O/c14-11-5-12(13(16)17-7-11)18-8-10-3-1-2-9(4-10)6-15/h1-5,7H,8H2,(H2,16,17). The van der Waals surface area contributed by atoms with Gasteiger partial charge in [0.1, 0.15) is 6.61 Å². The van der Waals surface area contributed by atoms with E-state index in [0.29, 0.717) is 23.7 Å². The Morgan fingerprint density at radius 2 is 2.22 bits per heavy atom. The average molecular weight is 304 g/mol. The highest BCUT2D eigenvalue weighted by Crippen LogP contribution is 2.24. The lowest BCUT2D eigenvalue weighted by molar-refractivity contribution is 0.306. The van der Waals surface area contributed by atoms with E-state index in [1.54, 1.807) is 24.4 Å². The second kappa shape index (κ2) is 5.52. The number of nitrogens with zero attached hydrogens (tertiary/aromatic N) is 2. The quantitative estimate of drug-likeness (QED) is 0.946. The Morgan fingerprint density at radius 1 is 1.39 bits per heavy atom. The van der Waals surface area contributed by atoms with E-state index >= 15 is 0 Å². The average Bonchev–Trinajstić information content (AvgIpc) is 2.40. The molecule has 0 aliphatic heterocycles. The summed E-state index contributed by atoms with van der Waals surface area (Å²) in [5, 5.41) is 8.80. The summed E-state index contributed by atoms with van der Waals surface area (Å²) in [5.41, 5.74) is 7.22. The minimum atomic E-state index is 0.342. The molecule has 0 aliphatic rings. The number of ether oxygens (including phenoxy) is 1. The second-order valence-corrected chi connectivity index (χ2v) is 4.55. The van der Waals surface area contributed by atoms with Crippen LogP contribution in [0.4, 0.5) is 5.82 Å². The van der Waals surface area contributed by atoms with Crippen LogP contribution in [0.2, 0.25) is 0 Å². The third-order valence-corrected chi connectivity index (χ3v) is 2.73. The van der Waals surface area contributed by atoms with Crippen LogP contribution in [0.15, 0.2) is 41.0 Å². The Morgan fingerprint density at radius 3 is 3.00 bits per heavy atom. The van der Waals surface area contributed by atoms with Crippen molar-refractivity contribution in [1.82, 2.24) is 4.98 Å². The van der Waals surface area contributed by atoms with E-state index in [2.05, 4.69) is 27.0 Å². The summed E-state index contributed by atoms with van der Waals surface area (Å²) in [6.45, 7) is 0.345. The molecule has 0 unspecified atom stereocenters. The number of aromatic nitrogens is 1. The molecule has 0 fully saturated rings. The van der Waals surface area contributed by atoms with Crippen LogP contribution < -0.4 is 10.5 Å². The monoisotopic (exact) mass is 303 g/mol. The number of hydrogen-bond acceptors (Lipinski definition) is 4. The predicted molar refractivity (Wildman–Crippen MR) is 71.8 cm³/mol. The first kappa shape index (κ1) is 12.4. The van der Waals surface area contributed by atoms with E-state index < -0.39 is 0 Å². The molecular weight excluding hydrogens is 294 g/mol. The van der Waals surface area contributed by atoms with E-state index in [-0.39, 0.29) is 0 Å². The molecule has 2 N–H and O–H groups in total. The van der Waals surface area contributed by atoms with Crippen LogP contribution in [0.5, 0.6) is 5.75 Å². The zero-order valence-corrected chi connectivity index (χ0v) is 11.0. The van der Waals surface area contributed by atoms with E-state index in [1.807, 2.05) is 12.1 Å². The van der Waals surface area contributed by atoms with Gasteiger partial charge in [0.15, 0.2) is 11.6 Å². The lowest BCUT2D eigenvalue weighted by atomic mass is 10.1. The van der Waals surface area contributed by atoms with Crippen LogP contribution >= 0.6 is 15.9 Å². The number of nitriles is 1. The van der Waals surface area contributed by atoms with Crippen molar-refractivity contribution in [1.29, 1.82) is 5.26 Å². The topological polar surface area (TPSA) is 71.9 Å². The van der Waals surface area contributed by atoms with Gasteiger partial charge in [-0.3, -0.25) is 0 Å². The smallest absolute Gasteiger partial charge is 0.166 e. The molecule has 1 aromatic carbocycles. The van der Waals surface area contributed by atoms with Gasteiger partial charge in [-0.1, -0.05) is 12.1 Å². The molecule has 0 atom stereocenters. The van der Waals surface area contributed by atoms with Crippen molar-refractivity contribution in [2.45, 2.75) is 6.61 Å². The zero-order valence-electron chi connectivity index (χ0n) is 9.43. The molecule has 0 saturated heterocycles. The third-order valence-electron chi connectivity index (χ3n) is 2.30. The number of rotatable bonds is 3. The van der Waals surface area contributed by atoms with Crippen molar-refractivity contribution < 1.29 is 4.74 Å². The molecule has 0 aliphatic carbocycles. The number of nitrogen functional groups attached to an aromatic ring is 1.